The predicted molar refractivity (Wildman–Crippen MR) is 94.5 cm³/mol. The lowest BCUT2D eigenvalue weighted by Gasteiger charge is -2.17. The minimum absolute atomic E-state index is 0.141. The first-order valence-corrected chi connectivity index (χ1v) is 9.05. The number of carbonyl (C=O) groups is 1. The van der Waals surface area contributed by atoms with Crippen LogP contribution in [-0.4, -0.2) is 22.2 Å². The van der Waals surface area contributed by atoms with E-state index in [1.807, 2.05) is 11.6 Å². The van der Waals surface area contributed by atoms with E-state index < -0.39 is 0 Å². The van der Waals surface area contributed by atoms with Gasteiger partial charge in [-0.3, -0.25) is 9.48 Å². The molecule has 0 saturated heterocycles. The van der Waals surface area contributed by atoms with Crippen LogP contribution in [0.4, 0.5) is 0 Å². The largest absolute Gasteiger partial charge is 0.354 e. The monoisotopic (exact) mass is 329 g/mol. The van der Waals surface area contributed by atoms with Gasteiger partial charge in [0.25, 0.3) is 0 Å². The van der Waals surface area contributed by atoms with Gasteiger partial charge in [0.15, 0.2) is 0 Å². The molecule has 0 spiro atoms. The molecule has 2 heterocycles. The number of hydrogen-bond donors (Lipinski definition) is 1. The Morgan fingerprint density at radius 1 is 1.43 bits per heavy atom. The first-order chi connectivity index (χ1) is 11.2. The zero-order chi connectivity index (χ0) is 16.2. The van der Waals surface area contributed by atoms with Crippen molar-refractivity contribution in [3.8, 4) is 10.4 Å². The number of allylic oxidation sites excluding steroid dienone is 2. The topological polar surface area (TPSA) is 46.9 Å². The summed E-state index contributed by atoms with van der Waals surface area (Å²) in [6.45, 7) is 5.49. The quantitative estimate of drug-likeness (QED) is 0.850. The van der Waals surface area contributed by atoms with E-state index in [1.165, 1.54) is 16.1 Å². The Hall–Kier alpha value is -1.88. The van der Waals surface area contributed by atoms with Crippen molar-refractivity contribution < 1.29 is 4.79 Å². The molecule has 0 saturated carbocycles. The minimum Gasteiger partial charge on any atom is -0.354 e. The SMILES string of the molecule is Cc1nn(CCNC(=O)[C@H]2CC=CCC2)c(C)c1-c1cccs1. The van der Waals surface area contributed by atoms with Crippen molar-refractivity contribution in [1.82, 2.24) is 15.1 Å². The lowest BCUT2D eigenvalue weighted by molar-refractivity contribution is -0.125. The number of nitrogens with zero attached hydrogens (tertiary/aromatic N) is 2. The molecule has 0 fully saturated rings. The molecule has 3 rings (SSSR count). The first-order valence-electron chi connectivity index (χ1n) is 8.17. The Morgan fingerprint density at radius 3 is 3.00 bits per heavy atom. The van der Waals surface area contributed by atoms with Crippen molar-refractivity contribution in [2.75, 3.05) is 6.54 Å². The van der Waals surface area contributed by atoms with Crippen molar-refractivity contribution in [2.24, 2.45) is 5.92 Å². The van der Waals surface area contributed by atoms with Gasteiger partial charge < -0.3 is 5.32 Å². The van der Waals surface area contributed by atoms with E-state index >= 15 is 0 Å². The molecule has 1 N–H and O–H groups in total. The average Bonchev–Trinajstić information content (AvgIpc) is 3.17. The Kier molecular flexibility index (Phi) is 4.96. The molecule has 2 aromatic heterocycles. The lowest BCUT2D eigenvalue weighted by atomic mass is 9.94. The molecular weight excluding hydrogens is 306 g/mol. The van der Waals surface area contributed by atoms with Gasteiger partial charge in [-0.2, -0.15) is 5.10 Å². The van der Waals surface area contributed by atoms with Gasteiger partial charge >= 0.3 is 0 Å². The van der Waals surface area contributed by atoms with Crippen molar-refractivity contribution in [3.63, 3.8) is 0 Å². The van der Waals surface area contributed by atoms with Gasteiger partial charge in [0.05, 0.1) is 12.2 Å². The van der Waals surface area contributed by atoms with Gasteiger partial charge in [-0.15, -0.1) is 11.3 Å². The highest BCUT2D eigenvalue weighted by Gasteiger charge is 2.18. The summed E-state index contributed by atoms with van der Waals surface area (Å²) < 4.78 is 2.01. The zero-order valence-electron chi connectivity index (χ0n) is 13.7. The fourth-order valence-corrected chi connectivity index (χ4v) is 4.03. The second-order valence-electron chi connectivity index (χ2n) is 6.02. The molecule has 23 heavy (non-hydrogen) atoms. The van der Waals surface area contributed by atoms with E-state index in [0.29, 0.717) is 13.1 Å². The Labute approximate surface area is 141 Å². The van der Waals surface area contributed by atoms with Crippen LogP contribution in [0.1, 0.15) is 30.7 Å². The zero-order valence-corrected chi connectivity index (χ0v) is 14.5. The normalized spacial score (nSPS) is 17.4. The van der Waals surface area contributed by atoms with Crippen LogP contribution in [0.25, 0.3) is 10.4 Å². The third-order valence-electron chi connectivity index (χ3n) is 4.41. The molecule has 1 atom stereocenters. The molecule has 1 aliphatic carbocycles. The van der Waals surface area contributed by atoms with Gasteiger partial charge in [-0.05, 0) is 44.6 Å². The van der Waals surface area contributed by atoms with E-state index in [4.69, 9.17) is 0 Å². The van der Waals surface area contributed by atoms with Crippen molar-refractivity contribution in [1.29, 1.82) is 0 Å². The number of aromatic nitrogens is 2. The van der Waals surface area contributed by atoms with Crippen molar-refractivity contribution in [3.05, 3.63) is 41.1 Å². The van der Waals surface area contributed by atoms with Crippen LogP contribution in [0.15, 0.2) is 29.7 Å². The van der Waals surface area contributed by atoms with Gasteiger partial charge in [-0.1, -0.05) is 18.2 Å². The Morgan fingerprint density at radius 2 is 2.30 bits per heavy atom. The number of carbonyl (C=O) groups excluding carboxylic acids is 1. The van der Waals surface area contributed by atoms with Crippen molar-refractivity contribution >= 4 is 17.2 Å². The summed E-state index contributed by atoms with van der Waals surface area (Å²) in [7, 11) is 0. The van der Waals surface area contributed by atoms with E-state index in [-0.39, 0.29) is 11.8 Å². The fourth-order valence-electron chi connectivity index (χ4n) is 3.15. The first kappa shape index (κ1) is 16.0. The van der Waals surface area contributed by atoms with Crippen LogP contribution in [0.2, 0.25) is 0 Å². The van der Waals surface area contributed by atoms with Gasteiger partial charge in [0.1, 0.15) is 0 Å². The standard InChI is InChI=1S/C18H23N3OS/c1-13-17(16-9-6-12-23-16)14(2)21(20-13)11-10-19-18(22)15-7-4-3-5-8-15/h3-4,6,9,12,15H,5,7-8,10-11H2,1-2H3,(H,19,22)/t15-/m0/s1. The summed E-state index contributed by atoms with van der Waals surface area (Å²) in [5, 5.41) is 9.78. The number of rotatable bonds is 5. The minimum atomic E-state index is 0.141. The maximum Gasteiger partial charge on any atom is 0.223 e. The molecule has 1 aliphatic rings. The number of thiophene rings is 1. The molecule has 1 amide bonds. The van der Waals surface area contributed by atoms with Crippen LogP contribution in [0, 0.1) is 19.8 Å². The third kappa shape index (κ3) is 3.55. The van der Waals surface area contributed by atoms with Gasteiger partial charge in [0.2, 0.25) is 5.91 Å². The summed E-state index contributed by atoms with van der Waals surface area (Å²) >= 11 is 1.74. The van der Waals surface area contributed by atoms with Crippen LogP contribution in [-0.2, 0) is 11.3 Å². The number of aryl methyl sites for hydroxylation is 1. The van der Waals surface area contributed by atoms with Crippen LogP contribution < -0.4 is 5.32 Å². The highest BCUT2D eigenvalue weighted by atomic mass is 32.1. The summed E-state index contributed by atoms with van der Waals surface area (Å²) in [5.41, 5.74) is 3.44. The molecular formula is C18H23N3OS. The lowest BCUT2D eigenvalue weighted by Crippen LogP contribution is -2.33. The smallest absolute Gasteiger partial charge is 0.223 e. The van der Waals surface area contributed by atoms with Crippen LogP contribution in [0.5, 0.6) is 0 Å². The molecule has 122 valence electrons. The Balaban J connectivity index is 1.60. The van der Waals surface area contributed by atoms with Gasteiger partial charge in [-0.25, -0.2) is 0 Å². The maximum atomic E-state index is 12.2. The molecule has 4 nitrogen and oxygen atoms in total. The molecule has 2 aromatic rings. The summed E-state index contributed by atoms with van der Waals surface area (Å²) in [4.78, 5) is 13.4. The Bertz CT molecular complexity index is 700. The number of nitrogens with one attached hydrogen (secondary N) is 1. The number of hydrogen-bond acceptors (Lipinski definition) is 3. The highest BCUT2D eigenvalue weighted by molar-refractivity contribution is 7.13. The molecule has 0 radical (unpaired) electrons. The van der Waals surface area contributed by atoms with Crippen molar-refractivity contribution in [2.45, 2.75) is 39.7 Å². The average molecular weight is 329 g/mol. The maximum absolute atomic E-state index is 12.2. The predicted octanol–water partition coefficient (Wildman–Crippen LogP) is 3.70. The summed E-state index contributed by atoms with van der Waals surface area (Å²) in [6.07, 6.45) is 7.12. The second kappa shape index (κ2) is 7.13. The number of amides is 1. The van der Waals surface area contributed by atoms with E-state index in [1.54, 1.807) is 11.3 Å². The van der Waals surface area contributed by atoms with E-state index in [2.05, 4.69) is 47.0 Å². The van der Waals surface area contributed by atoms with E-state index in [9.17, 15) is 4.79 Å². The summed E-state index contributed by atoms with van der Waals surface area (Å²) in [6, 6.07) is 4.19. The highest BCUT2D eigenvalue weighted by Crippen LogP contribution is 2.30. The molecule has 0 aromatic carbocycles. The second-order valence-corrected chi connectivity index (χ2v) is 6.97. The third-order valence-corrected chi connectivity index (χ3v) is 5.30. The van der Waals surface area contributed by atoms with Crippen LogP contribution in [0.3, 0.4) is 0 Å². The summed E-state index contributed by atoms with van der Waals surface area (Å²) in [5.74, 6) is 0.316. The molecule has 5 heteroatoms. The fraction of sp³-hybridized carbons (Fsp3) is 0.444. The van der Waals surface area contributed by atoms with E-state index in [0.717, 1.165) is 25.0 Å². The van der Waals surface area contributed by atoms with Crippen LogP contribution >= 0.6 is 11.3 Å². The molecule has 0 aliphatic heterocycles. The molecule has 0 unspecified atom stereocenters. The van der Waals surface area contributed by atoms with Gasteiger partial charge in [0, 0.05) is 28.6 Å². The molecule has 0 bridgehead atoms.